The number of H-pyrrole nitrogens is 1. The van der Waals surface area contributed by atoms with Gasteiger partial charge in [-0.25, -0.2) is 4.98 Å². The number of ketones is 1. The summed E-state index contributed by atoms with van der Waals surface area (Å²) in [5.41, 5.74) is 3.87. The molecule has 1 aromatic carbocycles. The van der Waals surface area contributed by atoms with Crippen LogP contribution in [0, 0.1) is 6.92 Å². The molecule has 0 aliphatic rings. The highest BCUT2D eigenvalue weighted by molar-refractivity contribution is 7.28. The van der Waals surface area contributed by atoms with E-state index < -0.39 is 0 Å². The molecule has 3 heterocycles. The largest absolute Gasteiger partial charge is 0.488 e. The first-order chi connectivity index (χ1) is 14.1. The summed E-state index contributed by atoms with van der Waals surface area (Å²) in [6, 6.07) is 11.3. The highest BCUT2D eigenvalue weighted by Gasteiger charge is 2.20. The van der Waals surface area contributed by atoms with Crippen LogP contribution in [0.4, 0.5) is 0 Å². The number of ether oxygens (including phenoxy) is 1. The van der Waals surface area contributed by atoms with Crippen LogP contribution in [0.5, 0.6) is 5.75 Å². The van der Waals surface area contributed by atoms with E-state index in [1.807, 2.05) is 57.2 Å². The Morgan fingerprint density at radius 2 is 1.86 bits per heavy atom. The molecular formula is C23H24N3O2P. The summed E-state index contributed by atoms with van der Waals surface area (Å²) in [6.07, 6.45) is 6.88. The standard InChI is InChI=1S/C21H18N3O2P.C2H6/c1-13-4-5-17(26-12-14-6-9-22-10-7-14)20(27)18(13)19(25)16-11-24-21-15(16)3-2-8-23-21;1-2/h2-11H,12,27H2,1H3,(H,23,24);1-2H3. The predicted octanol–water partition coefficient (Wildman–Crippen LogP) is 4.60. The molecule has 0 amide bonds. The Morgan fingerprint density at radius 1 is 1.10 bits per heavy atom. The van der Waals surface area contributed by atoms with Crippen LogP contribution in [0.2, 0.25) is 0 Å². The van der Waals surface area contributed by atoms with Crippen LogP contribution >= 0.6 is 9.24 Å². The Morgan fingerprint density at radius 3 is 2.62 bits per heavy atom. The number of aromatic amines is 1. The fourth-order valence-electron chi connectivity index (χ4n) is 3.06. The topological polar surface area (TPSA) is 67.9 Å². The molecule has 0 saturated carbocycles. The number of fused-ring (bicyclic) bond motifs is 1. The molecule has 5 nitrogen and oxygen atoms in total. The third-order valence-corrected chi connectivity index (χ3v) is 5.05. The molecule has 1 atom stereocenters. The molecule has 0 aliphatic carbocycles. The highest BCUT2D eigenvalue weighted by atomic mass is 31.0. The van der Waals surface area contributed by atoms with Gasteiger partial charge in [-0.2, -0.15) is 0 Å². The third-order valence-electron chi connectivity index (χ3n) is 4.48. The molecule has 1 unspecified atom stereocenters. The number of carbonyl (C=O) groups is 1. The zero-order valence-corrected chi connectivity index (χ0v) is 17.9. The lowest BCUT2D eigenvalue weighted by Crippen LogP contribution is -2.16. The molecule has 4 rings (SSSR count). The number of rotatable bonds is 5. The average Bonchev–Trinajstić information content (AvgIpc) is 3.19. The molecule has 0 saturated heterocycles. The Kier molecular flexibility index (Phi) is 6.73. The maximum absolute atomic E-state index is 13.3. The van der Waals surface area contributed by atoms with E-state index in [0.29, 0.717) is 29.1 Å². The number of hydrogen-bond acceptors (Lipinski definition) is 4. The summed E-state index contributed by atoms with van der Waals surface area (Å²) in [7, 11) is 2.66. The van der Waals surface area contributed by atoms with Crippen LogP contribution in [-0.2, 0) is 6.61 Å². The van der Waals surface area contributed by atoms with E-state index in [9.17, 15) is 4.79 Å². The van der Waals surface area contributed by atoms with Crippen molar-refractivity contribution in [1.29, 1.82) is 0 Å². The maximum Gasteiger partial charge on any atom is 0.196 e. The zero-order chi connectivity index (χ0) is 20.8. The number of aryl methyl sites for hydroxylation is 1. The first-order valence-electron chi connectivity index (χ1n) is 9.52. The van der Waals surface area contributed by atoms with Crippen molar-refractivity contribution >= 4 is 31.4 Å². The number of carbonyl (C=O) groups excluding carboxylic acids is 1. The quantitative estimate of drug-likeness (QED) is 0.389. The van der Waals surface area contributed by atoms with Crippen molar-refractivity contribution in [1.82, 2.24) is 15.0 Å². The summed E-state index contributed by atoms with van der Waals surface area (Å²) >= 11 is 0. The fraction of sp³-hybridized carbons (Fsp3) is 0.174. The maximum atomic E-state index is 13.3. The van der Waals surface area contributed by atoms with E-state index in [2.05, 4.69) is 24.2 Å². The molecule has 0 fully saturated rings. The summed E-state index contributed by atoms with van der Waals surface area (Å²) in [6.45, 7) is 6.35. The van der Waals surface area contributed by atoms with Gasteiger partial charge in [0.1, 0.15) is 18.0 Å². The molecule has 29 heavy (non-hydrogen) atoms. The smallest absolute Gasteiger partial charge is 0.196 e. The first kappa shape index (κ1) is 20.7. The van der Waals surface area contributed by atoms with E-state index >= 15 is 0 Å². The van der Waals surface area contributed by atoms with Gasteiger partial charge in [-0.3, -0.25) is 9.78 Å². The van der Waals surface area contributed by atoms with Crippen molar-refractivity contribution in [3.63, 3.8) is 0 Å². The summed E-state index contributed by atoms with van der Waals surface area (Å²) < 4.78 is 5.95. The molecule has 0 bridgehead atoms. The van der Waals surface area contributed by atoms with Crippen molar-refractivity contribution in [2.24, 2.45) is 0 Å². The third kappa shape index (κ3) is 4.36. The lowest BCUT2D eigenvalue weighted by atomic mass is 9.98. The zero-order valence-electron chi connectivity index (χ0n) is 16.8. The number of aromatic nitrogens is 3. The van der Waals surface area contributed by atoms with Gasteiger partial charge >= 0.3 is 0 Å². The molecule has 4 aromatic rings. The van der Waals surface area contributed by atoms with Gasteiger partial charge in [0.05, 0.1) is 0 Å². The molecule has 0 spiro atoms. The number of nitrogens with one attached hydrogen (secondary N) is 1. The van der Waals surface area contributed by atoms with Gasteiger partial charge in [0, 0.05) is 46.6 Å². The van der Waals surface area contributed by atoms with Gasteiger partial charge in [-0.05, 0) is 48.4 Å². The van der Waals surface area contributed by atoms with Gasteiger partial charge < -0.3 is 9.72 Å². The van der Waals surface area contributed by atoms with Crippen LogP contribution in [-0.4, -0.2) is 20.7 Å². The van der Waals surface area contributed by atoms with Gasteiger partial charge in [-0.1, -0.05) is 19.9 Å². The second-order valence-corrected chi connectivity index (χ2v) is 6.82. The van der Waals surface area contributed by atoms with E-state index in [1.54, 1.807) is 24.8 Å². The van der Waals surface area contributed by atoms with Gasteiger partial charge in [0.15, 0.2) is 5.78 Å². The fourth-order valence-corrected chi connectivity index (χ4v) is 3.59. The first-order valence-corrected chi connectivity index (χ1v) is 10.1. The number of hydrogen-bond donors (Lipinski definition) is 1. The molecule has 0 radical (unpaired) electrons. The van der Waals surface area contributed by atoms with Gasteiger partial charge in [-0.15, -0.1) is 9.24 Å². The van der Waals surface area contributed by atoms with Crippen LogP contribution < -0.4 is 10.0 Å². The number of nitrogens with zero attached hydrogens (tertiary/aromatic N) is 2. The second-order valence-electron chi connectivity index (χ2n) is 6.24. The van der Waals surface area contributed by atoms with E-state index in [-0.39, 0.29) is 5.78 Å². The molecule has 1 N–H and O–H groups in total. The minimum Gasteiger partial charge on any atom is -0.488 e. The van der Waals surface area contributed by atoms with Crippen LogP contribution in [0.15, 0.2) is 61.2 Å². The van der Waals surface area contributed by atoms with Gasteiger partial charge in [0.2, 0.25) is 0 Å². The van der Waals surface area contributed by atoms with Crippen molar-refractivity contribution in [3.8, 4) is 5.75 Å². The second kappa shape index (κ2) is 9.44. The molecule has 3 aromatic heterocycles. The molecule has 148 valence electrons. The van der Waals surface area contributed by atoms with E-state index in [0.717, 1.165) is 21.8 Å². The lowest BCUT2D eigenvalue weighted by Gasteiger charge is -2.14. The van der Waals surface area contributed by atoms with Crippen molar-refractivity contribution in [2.45, 2.75) is 27.4 Å². The Balaban J connectivity index is 0.00000117. The van der Waals surface area contributed by atoms with Crippen LogP contribution in [0.1, 0.15) is 40.9 Å². The van der Waals surface area contributed by atoms with E-state index in [4.69, 9.17) is 4.74 Å². The lowest BCUT2D eigenvalue weighted by molar-refractivity contribution is 0.104. The molecule has 0 aliphatic heterocycles. The summed E-state index contributed by atoms with van der Waals surface area (Å²) in [4.78, 5) is 24.6. The SMILES string of the molecule is CC.Cc1ccc(OCc2ccncc2)c(P)c1C(=O)c1c[nH]c2ncccc12. The minimum absolute atomic E-state index is 0.0499. The normalized spacial score (nSPS) is 10.3. The van der Waals surface area contributed by atoms with E-state index in [1.165, 1.54) is 0 Å². The Labute approximate surface area is 172 Å². The number of pyridine rings is 2. The average molecular weight is 405 g/mol. The summed E-state index contributed by atoms with van der Waals surface area (Å²) in [5, 5.41) is 1.57. The molecular weight excluding hydrogens is 381 g/mol. The van der Waals surface area contributed by atoms with Crippen molar-refractivity contribution in [2.75, 3.05) is 0 Å². The number of benzene rings is 1. The Hall–Kier alpha value is -3.04. The van der Waals surface area contributed by atoms with Gasteiger partial charge in [0.25, 0.3) is 0 Å². The minimum atomic E-state index is -0.0499. The predicted molar refractivity (Wildman–Crippen MR) is 120 cm³/mol. The van der Waals surface area contributed by atoms with Crippen LogP contribution in [0.25, 0.3) is 11.0 Å². The van der Waals surface area contributed by atoms with Crippen LogP contribution in [0.3, 0.4) is 0 Å². The monoisotopic (exact) mass is 405 g/mol. The van der Waals surface area contributed by atoms with Crippen molar-refractivity contribution < 1.29 is 9.53 Å². The molecule has 6 heteroatoms. The summed E-state index contributed by atoms with van der Waals surface area (Å²) in [5.74, 6) is 0.620. The highest BCUT2D eigenvalue weighted by Crippen LogP contribution is 2.25. The Bertz CT molecular complexity index is 1120. The van der Waals surface area contributed by atoms with Crippen molar-refractivity contribution in [3.05, 3.63) is 83.4 Å².